The lowest BCUT2D eigenvalue weighted by Crippen LogP contribution is -2.27. The molecule has 0 aliphatic carbocycles. The fraction of sp³-hybridized carbons (Fsp3) is 0.100. The summed E-state index contributed by atoms with van der Waals surface area (Å²) in [6.07, 6.45) is 3.14. The van der Waals surface area contributed by atoms with Crippen molar-refractivity contribution in [3.05, 3.63) is 83.1 Å². The molecule has 144 valence electrons. The zero-order chi connectivity index (χ0) is 20.3. The van der Waals surface area contributed by atoms with Crippen molar-refractivity contribution in [3.8, 4) is 0 Å². The van der Waals surface area contributed by atoms with Gasteiger partial charge in [-0.25, -0.2) is 8.42 Å². The third kappa shape index (κ3) is 4.16. The smallest absolute Gasteiger partial charge is 0.264 e. The summed E-state index contributed by atoms with van der Waals surface area (Å²) in [6.45, 7) is 1.78. The van der Waals surface area contributed by atoms with Crippen LogP contribution in [0.3, 0.4) is 0 Å². The SMILES string of the molecule is Cc1ccc(C(=O)Nc2cccnc2)cc1N(C)S(=O)(=O)c1ccc(Cl)cc1. The number of sulfonamides is 1. The highest BCUT2D eigenvalue weighted by Crippen LogP contribution is 2.27. The molecule has 2 aromatic carbocycles. The number of halogens is 1. The fourth-order valence-corrected chi connectivity index (χ4v) is 4.00. The van der Waals surface area contributed by atoms with Crippen LogP contribution in [0.5, 0.6) is 0 Å². The summed E-state index contributed by atoms with van der Waals surface area (Å²) in [5, 5.41) is 3.19. The number of pyridine rings is 1. The lowest BCUT2D eigenvalue weighted by molar-refractivity contribution is 0.102. The van der Waals surface area contributed by atoms with Gasteiger partial charge < -0.3 is 5.32 Å². The number of hydrogen-bond donors (Lipinski definition) is 1. The second kappa shape index (κ2) is 8.00. The summed E-state index contributed by atoms with van der Waals surface area (Å²) in [7, 11) is -2.35. The fourth-order valence-electron chi connectivity index (χ4n) is 2.62. The third-order valence-electron chi connectivity index (χ3n) is 4.20. The predicted octanol–water partition coefficient (Wildman–Crippen LogP) is 4.12. The Labute approximate surface area is 168 Å². The van der Waals surface area contributed by atoms with Gasteiger partial charge in [-0.2, -0.15) is 0 Å². The molecule has 0 fully saturated rings. The van der Waals surface area contributed by atoms with Gasteiger partial charge in [-0.1, -0.05) is 17.7 Å². The normalized spacial score (nSPS) is 11.1. The average molecular weight is 416 g/mol. The van der Waals surface area contributed by atoms with Gasteiger partial charge in [-0.15, -0.1) is 0 Å². The van der Waals surface area contributed by atoms with Gasteiger partial charge in [0.05, 0.1) is 22.5 Å². The minimum absolute atomic E-state index is 0.115. The van der Waals surface area contributed by atoms with Crippen molar-refractivity contribution >= 4 is 38.9 Å². The number of nitrogens with one attached hydrogen (secondary N) is 1. The summed E-state index contributed by atoms with van der Waals surface area (Å²) in [6, 6.07) is 14.3. The summed E-state index contributed by atoms with van der Waals surface area (Å²) in [4.78, 5) is 16.6. The van der Waals surface area contributed by atoms with E-state index in [0.29, 0.717) is 22.0 Å². The van der Waals surface area contributed by atoms with E-state index < -0.39 is 10.0 Å². The van der Waals surface area contributed by atoms with Crippen LogP contribution in [0.15, 0.2) is 71.9 Å². The summed E-state index contributed by atoms with van der Waals surface area (Å²) in [5.41, 5.74) is 2.02. The molecule has 0 atom stereocenters. The Kier molecular flexibility index (Phi) is 5.67. The number of amides is 1. The molecule has 1 aromatic heterocycles. The maximum Gasteiger partial charge on any atom is 0.264 e. The number of carbonyl (C=O) groups excluding carboxylic acids is 1. The number of benzene rings is 2. The second-order valence-corrected chi connectivity index (χ2v) is 8.53. The van der Waals surface area contributed by atoms with E-state index in [1.54, 1.807) is 43.5 Å². The zero-order valence-corrected chi connectivity index (χ0v) is 16.8. The molecule has 3 aromatic rings. The number of carbonyl (C=O) groups is 1. The molecule has 1 heterocycles. The molecule has 0 aliphatic rings. The van der Waals surface area contributed by atoms with Crippen molar-refractivity contribution in [2.75, 3.05) is 16.7 Å². The van der Waals surface area contributed by atoms with E-state index in [1.807, 2.05) is 0 Å². The largest absolute Gasteiger partial charge is 0.321 e. The Hall–Kier alpha value is -2.90. The van der Waals surface area contributed by atoms with Gasteiger partial charge in [0.15, 0.2) is 0 Å². The van der Waals surface area contributed by atoms with Gasteiger partial charge in [-0.05, 0) is 61.0 Å². The van der Waals surface area contributed by atoms with Crippen molar-refractivity contribution in [2.45, 2.75) is 11.8 Å². The Bertz CT molecular complexity index is 1100. The van der Waals surface area contributed by atoms with E-state index in [9.17, 15) is 13.2 Å². The first-order valence-electron chi connectivity index (χ1n) is 8.35. The minimum Gasteiger partial charge on any atom is -0.321 e. The van der Waals surface area contributed by atoms with Gasteiger partial charge in [0, 0.05) is 23.8 Å². The molecule has 3 rings (SSSR count). The molecule has 8 heteroatoms. The molecule has 0 saturated carbocycles. The molecule has 0 unspecified atom stereocenters. The lowest BCUT2D eigenvalue weighted by Gasteiger charge is -2.22. The van der Waals surface area contributed by atoms with Crippen LogP contribution in [0, 0.1) is 6.92 Å². The van der Waals surface area contributed by atoms with Crippen LogP contribution in [-0.2, 0) is 10.0 Å². The quantitative estimate of drug-likeness (QED) is 0.679. The van der Waals surface area contributed by atoms with Crippen LogP contribution >= 0.6 is 11.6 Å². The lowest BCUT2D eigenvalue weighted by atomic mass is 10.1. The zero-order valence-electron chi connectivity index (χ0n) is 15.3. The summed E-state index contributed by atoms with van der Waals surface area (Å²) in [5.74, 6) is -0.355. The molecular weight excluding hydrogens is 398 g/mol. The van der Waals surface area contributed by atoms with Crippen molar-refractivity contribution in [1.82, 2.24) is 4.98 Å². The van der Waals surface area contributed by atoms with Crippen LogP contribution < -0.4 is 9.62 Å². The van der Waals surface area contributed by atoms with Crippen LogP contribution in [0.1, 0.15) is 15.9 Å². The van der Waals surface area contributed by atoms with Crippen molar-refractivity contribution in [1.29, 1.82) is 0 Å². The molecule has 0 spiro atoms. The van der Waals surface area contributed by atoms with E-state index >= 15 is 0 Å². The molecule has 28 heavy (non-hydrogen) atoms. The summed E-state index contributed by atoms with van der Waals surface area (Å²) < 4.78 is 27.0. The van der Waals surface area contributed by atoms with Crippen molar-refractivity contribution in [3.63, 3.8) is 0 Å². The van der Waals surface area contributed by atoms with E-state index in [-0.39, 0.29) is 10.8 Å². The van der Waals surface area contributed by atoms with Crippen LogP contribution in [-0.4, -0.2) is 26.4 Å². The first-order chi connectivity index (χ1) is 13.3. The van der Waals surface area contributed by atoms with Crippen molar-refractivity contribution < 1.29 is 13.2 Å². The highest BCUT2D eigenvalue weighted by molar-refractivity contribution is 7.92. The van der Waals surface area contributed by atoms with Crippen LogP contribution in [0.25, 0.3) is 0 Å². The predicted molar refractivity (Wildman–Crippen MR) is 110 cm³/mol. The van der Waals surface area contributed by atoms with Crippen LogP contribution in [0.2, 0.25) is 5.02 Å². The highest BCUT2D eigenvalue weighted by Gasteiger charge is 2.23. The van der Waals surface area contributed by atoms with Gasteiger partial charge >= 0.3 is 0 Å². The van der Waals surface area contributed by atoms with E-state index in [2.05, 4.69) is 10.3 Å². The first-order valence-corrected chi connectivity index (χ1v) is 10.2. The second-order valence-electron chi connectivity index (χ2n) is 6.12. The maximum atomic E-state index is 12.9. The third-order valence-corrected chi connectivity index (χ3v) is 6.24. The molecule has 1 amide bonds. The molecular formula is C20H18ClN3O3S. The van der Waals surface area contributed by atoms with E-state index in [1.165, 1.54) is 37.5 Å². The van der Waals surface area contributed by atoms with Gasteiger partial charge in [0.1, 0.15) is 0 Å². The van der Waals surface area contributed by atoms with Gasteiger partial charge in [0.25, 0.3) is 15.9 Å². The average Bonchev–Trinajstić information content (AvgIpc) is 2.69. The first kappa shape index (κ1) is 19.9. The van der Waals surface area contributed by atoms with Crippen LogP contribution in [0.4, 0.5) is 11.4 Å². The standard InChI is InChI=1S/C20H18ClN3O3S/c1-14-5-6-15(20(25)23-17-4-3-11-22-13-17)12-19(14)24(2)28(26,27)18-9-7-16(21)8-10-18/h3-13H,1-2H3,(H,23,25). The molecule has 1 N–H and O–H groups in total. The number of aryl methyl sites for hydroxylation is 1. The Morgan fingerprint density at radius 3 is 2.46 bits per heavy atom. The number of hydrogen-bond acceptors (Lipinski definition) is 4. The monoisotopic (exact) mass is 415 g/mol. The van der Waals surface area contributed by atoms with Crippen molar-refractivity contribution in [2.24, 2.45) is 0 Å². The topological polar surface area (TPSA) is 79.4 Å². The Morgan fingerprint density at radius 1 is 1.11 bits per heavy atom. The number of anilines is 2. The van der Waals surface area contributed by atoms with E-state index in [4.69, 9.17) is 11.6 Å². The van der Waals surface area contributed by atoms with Gasteiger partial charge in [0.2, 0.25) is 0 Å². The van der Waals surface area contributed by atoms with E-state index in [0.717, 1.165) is 9.87 Å². The molecule has 0 bridgehead atoms. The molecule has 0 aliphatic heterocycles. The minimum atomic E-state index is -3.80. The molecule has 0 saturated heterocycles. The molecule has 0 radical (unpaired) electrons. The number of rotatable bonds is 5. The Balaban J connectivity index is 1.92. The Morgan fingerprint density at radius 2 is 1.82 bits per heavy atom. The highest BCUT2D eigenvalue weighted by atomic mass is 35.5. The van der Waals surface area contributed by atoms with Gasteiger partial charge in [-0.3, -0.25) is 14.1 Å². The number of nitrogens with zero attached hydrogens (tertiary/aromatic N) is 2. The molecule has 6 nitrogen and oxygen atoms in total. The summed E-state index contributed by atoms with van der Waals surface area (Å²) >= 11 is 5.85. The maximum absolute atomic E-state index is 12.9. The number of aromatic nitrogens is 1.